The summed E-state index contributed by atoms with van der Waals surface area (Å²) in [5.41, 5.74) is 5.48. The third-order valence-corrected chi connectivity index (χ3v) is 2.87. The van der Waals surface area contributed by atoms with Crippen molar-refractivity contribution in [1.82, 2.24) is 4.90 Å². The van der Waals surface area contributed by atoms with Crippen LogP contribution in [-0.2, 0) is 0 Å². The van der Waals surface area contributed by atoms with E-state index in [0.717, 1.165) is 18.4 Å². The number of rotatable bonds is 4. The molecule has 0 aromatic rings. The molecule has 1 fully saturated rings. The second-order valence-electron chi connectivity index (χ2n) is 4.70. The molecule has 1 aliphatic heterocycles. The molecular weight excluding hydrogens is 160 g/mol. The van der Waals surface area contributed by atoms with Gasteiger partial charge in [-0.2, -0.15) is 0 Å². The van der Waals surface area contributed by atoms with Crippen LogP contribution in [0.1, 0.15) is 33.1 Å². The summed E-state index contributed by atoms with van der Waals surface area (Å²) in [6.07, 6.45) is 3.86. The summed E-state index contributed by atoms with van der Waals surface area (Å²) in [7, 11) is 0. The largest absolute Gasteiger partial charge is 0.330 e. The first-order chi connectivity index (χ1) is 6.22. The summed E-state index contributed by atoms with van der Waals surface area (Å²) in [5.74, 6) is 1.78. The summed E-state index contributed by atoms with van der Waals surface area (Å²) < 4.78 is 0. The van der Waals surface area contributed by atoms with Crippen LogP contribution in [0.15, 0.2) is 0 Å². The average Bonchev–Trinajstić information content (AvgIpc) is 2.03. The summed E-state index contributed by atoms with van der Waals surface area (Å²) in [5, 5.41) is 0. The number of nitrogens with two attached hydrogens (primary N) is 1. The van der Waals surface area contributed by atoms with E-state index in [1.54, 1.807) is 0 Å². The molecule has 2 heteroatoms. The molecule has 0 aliphatic carbocycles. The molecular formula is C11H24N2. The minimum absolute atomic E-state index is 0.846. The Hall–Kier alpha value is -0.0800. The maximum absolute atomic E-state index is 5.48. The Morgan fingerprint density at radius 1 is 1.15 bits per heavy atom. The summed E-state index contributed by atoms with van der Waals surface area (Å²) in [4.78, 5) is 2.61. The number of hydrogen-bond acceptors (Lipinski definition) is 2. The summed E-state index contributed by atoms with van der Waals surface area (Å²) >= 11 is 0. The molecule has 0 saturated carbocycles. The Labute approximate surface area is 82.5 Å². The van der Waals surface area contributed by atoms with E-state index in [1.807, 2.05) is 0 Å². The molecule has 0 aromatic heterocycles. The Balaban J connectivity index is 2.17. The van der Waals surface area contributed by atoms with Crippen molar-refractivity contribution in [2.45, 2.75) is 33.1 Å². The van der Waals surface area contributed by atoms with Gasteiger partial charge >= 0.3 is 0 Å². The van der Waals surface area contributed by atoms with Gasteiger partial charge in [0.05, 0.1) is 0 Å². The van der Waals surface area contributed by atoms with Crippen LogP contribution in [0.5, 0.6) is 0 Å². The molecule has 0 amide bonds. The van der Waals surface area contributed by atoms with E-state index in [4.69, 9.17) is 5.73 Å². The van der Waals surface area contributed by atoms with E-state index in [0.29, 0.717) is 0 Å². The van der Waals surface area contributed by atoms with Gasteiger partial charge in [0.1, 0.15) is 0 Å². The highest BCUT2D eigenvalue weighted by Gasteiger charge is 2.20. The third kappa shape index (κ3) is 4.10. The van der Waals surface area contributed by atoms with Crippen LogP contribution in [0, 0.1) is 11.8 Å². The van der Waals surface area contributed by atoms with E-state index in [2.05, 4.69) is 18.7 Å². The SMILES string of the molecule is C[C@H]1C[C@H](C)CN(CCCCN)C1. The molecule has 2 atom stereocenters. The normalized spacial score (nSPS) is 30.7. The number of likely N-dealkylation sites (tertiary alicyclic amines) is 1. The molecule has 0 spiro atoms. The van der Waals surface area contributed by atoms with Gasteiger partial charge in [0.2, 0.25) is 0 Å². The van der Waals surface area contributed by atoms with E-state index >= 15 is 0 Å². The van der Waals surface area contributed by atoms with Crippen molar-refractivity contribution in [3.05, 3.63) is 0 Å². The van der Waals surface area contributed by atoms with E-state index in [9.17, 15) is 0 Å². The maximum Gasteiger partial charge on any atom is 0.000724 e. The molecule has 1 saturated heterocycles. The zero-order valence-corrected chi connectivity index (χ0v) is 9.13. The number of hydrogen-bond donors (Lipinski definition) is 1. The van der Waals surface area contributed by atoms with Crippen LogP contribution >= 0.6 is 0 Å². The minimum Gasteiger partial charge on any atom is -0.330 e. The van der Waals surface area contributed by atoms with E-state index in [-0.39, 0.29) is 0 Å². The van der Waals surface area contributed by atoms with Crippen LogP contribution in [-0.4, -0.2) is 31.1 Å². The third-order valence-electron chi connectivity index (χ3n) is 2.87. The summed E-state index contributed by atoms with van der Waals surface area (Å²) in [6.45, 7) is 9.44. The number of unbranched alkanes of at least 4 members (excludes halogenated alkanes) is 1. The second kappa shape index (κ2) is 5.61. The van der Waals surface area contributed by atoms with Crippen molar-refractivity contribution in [2.24, 2.45) is 17.6 Å². The monoisotopic (exact) mass is 184 g/mol. The molecule has 78 valence electrons. The van der Waals surface area contributed by atoms with Crippen LogP contribution in [0.25, 0.3) is 0 Å². The highest BCUT2D eigenvalue weighted by molar-refractivity contribution is 4.74. The zero-order valence-electron chi connectivity index (χ0n) is 9.13. The van der Waals surface area contributed by atoms with Crippen LogP contribution < -0.4 is 5.73 Å². The summed E-state index contributed by atoms with van der Waals surface area (Å²) in [6, 6.07) is 0. The van der Waals surface area contributed by atoms with Crippen molar-refractivity contribution in [3.63, 3.8) is 0 Å². The molecule has 13 heavy (non-hydrogen) atoms. The average molecular weight is 184 g/mol. The molecule has 1 rings (SSSR count). The highest BCUT2D eigenvalue weighted by atomic mass is 15.1. The molecule has 0 radical (unpaired) electrons. The van der Waals surface area contributed by atoms with Crippen LogP contribution in [0.3, 0.4) is 0 Å². The van der Waals surface area contributed by atoms with Crippen LogP contribution in [0.2, 0.25) is 0 Å². The highest BCUT2D eigenvalue weighted by Crippen LogP contribution is 2.20. The molecule has 0 bridgehead atoms. The fourth-order valence-corrected chi connectivity index (χ4v) is 2.45. The van der Waals surface area contributed by atoms with Crippen molar-refractivity contribution in [2.75, 3.05) is 26.2 Å². The lowest BCUT2D eigenvalue weighted by Crippen LogP contribution is -2.39. The predicted molar refractivity (Wildman–Crippen MR) is 57.7 cm³/mol. The van der Waals surface area contributed by atoms with Gasteiger partial charge in [0.15, 0.2) is 0 Å². The lowest BCUT2D eigenvalue weighted by atomic mass is 9.92. The molecule has 1 aliphatic rings. The quantitative estimate of drug-likeness (QED) is 0.674. The topological polar surface area (TPSA) is 29.3 Å². The van der Waals surface area contributed by atoms with E-state index in [1.165, 1.54) is 38.9 Å². The standard InChI is InChI=1S/C11H24N2/c1-10-7-11(2)9-13(8-10)6-4-3-5-12/h10-11H,3-9,12H2,1-2H3/t10-,11-/m0/s1. The molecule has 1 heterocycles. The lowest BCUT2D eigenvalue weighted by Gasteiger charge is -2.34. The minimum atomic E-state index is 0.846. The van der Waals surface area contributed by atoms with Gasteiger partial charge in [-0.1, -0.05) is 13.8 Å². The molecule has 0 unspecified atom stereocenters. The first-order valence-corrected chi connectivity index (χ1v) is 5.64. The number of piperidine rings is 1. The van der Waals surface area contributed by atoms with E-state index < -0.39 is 0 Å². The van der Waals surface area contributed by atoms with Crippen molar-refractivity contribution >= 4 is 0 Å². The molecule has 2 nitrogen and oxygen atoms in total. The zero-order chi connectivity index (χ0) is 9.68. The van der Waals surface area contributed by atoms with Gasteiger partial charge in [-0.05, 0) is 44.2 Å². The Bertz CT molecular complexity index is 126. The Morgan fingerprint density at radius 3 is 2.31 bits per heavy atom. The van der Waals surface area contributed by atoms with Gasteiger partial charge in [-0.3, -0.25) is 0 Å². The van der Waals surface area contributed by atoms with Gasteiger partial charge in [-0.15, -0.1) is 0 Å². The van der Waals surface area contributed by atoms with Crippen molar-refractivity contribution in [3.8, 4) is 0 Å². The predicted octanol–water partition coefficient (Wildman–Crippen LogP) is 1.70. The fourth-order valence-electron chi connectivity index (χ4n) is 2.45. The first kappa shape index (κ1) is 11.0. The Kier molecular flexibility index (Phi) is 4.74. The van der Waals surface area contributed by atoms with Gasteiger partial charge in [0, 0.05) is 13.1 Å². The van der Waals surface area contributed by atoms with Gasteiger partial charge in [-0.25, -0.2) is 0 Å². The maximum atomic E-state index is 5.48. The second-order valence-corrected chi connectivity index (χ2v) is 4.70. The van der Waals surface area contributed by atoms with Gasteiger partial charge in [0.25, 0.3) is 0 Å². The lowest BCUT2D eigenvalue weighted by molar-refractivity contribution is 0.139. The smallest absolute Gasteiger partial charge is 0.000724 e. The van der Waals surface area contributed by atoms with Crippen LogP contribution in [0.4, 0.5) is 0 Å². The molecule has 2 N–H and O–H groups in total. The molecule has 0 aromatic carbocycles. The first-order valence-electron chi connectivity index (χ1n) is 5.64. The number of nitrogens with zero attached hydrogens (tertiary/aromatic N) is 1. The fraction of sp³-hybridized carbons (Fsp3) is 1.00. The van der Waals surface area contributed by atoms with Gasteiger partial charge < -0.3 is 10.6 Å². The Morgan fingerprint density at radius 2 is 1.77 bits per heavy atom. The van der Waals surface area contributed by atoms with Crippen molar-refractivity contribution in [1.29, 1.82) is 0 Å². The van der Waals surface area contributed by atoms with Crippen molar-refractivity contribution < 1.29 is 0 Å².